The molecule has 0 N–H and O–H groups in total. The van der Waals surface area contributed by atoms with Crippen LogP contribution in [-0.2, 0) is 0 Å². The molecule has 0 aliphatic rings. The molecule has 0 saturated carbocycles. The van der Waals surface area contributed by atoms with Gasteiger partial charge in [-0.3, -0.25) is 4.79 Å². The Labute approximate surface area is 188 Å². The molecule has 1 amide bonds. The van der Waals surface area contributed by atoms with E-state index in [-0.39, 0.29) is 11.7 Å². The third kappa shape index (κ3) is 4.78. The quantitative estimate of drug-likeness (QED) is 0.399. The smallest absolute Gasteiger partial charge is 0.293 e. The van der Waals surface area contributed by atoms with E-state index in [0.29, 0.717) is 30.4 Å². The fourth-order valence-electron chi connectivity index (χ4n) is 3.00. The van der Waals surface area contributed by atoms with Crippen LogP contribution in [0.3, 0.4) is 0 Å². The van der Waals surface area contributed by atoms with Crippen molar-refractivity contribution in [2.24, 2.45) is 0 Å². The molecular weight excluding hydrogens is 431 g/mol. The minimum atomic E-state index is -0.393. The maximum Gasteiger partial charge on any atom is 0.293 e. The highest BCUT2D eigenvalue weighted by Gasteiger charge is 2.22. The minimum absolute atomic E-state index is 0.0320. The molecule has 0 aliphatic heterocycles. The van der Waals surface area contributed by atoms with Crippen LogP contribution in [0.1, 0.15) is 10.6 Å². The van der Waals surface area contributed by atoms with Crippen LogP contribution in [0.4, 0.5) is 4.39 Å². The summed E-state index contributed by atoms with van der Waals surface area (Å²) in [6, 6.07) is 17.0. The molecule has 0 atom stereocenters. The van der Waals surface area contributed by atoms with Gasteiger partial charge in [0.1, 0.15) is 23.9 Å². The summed E-state index contributed by atoms with van der Waals surface area (Å²) in [7, 11) is 3.26. The molecule has 0 spiro atoms. The topological polar surface area (TPSA) is 69.5 Å². The number of halogens is 1. The molecule has 0 saturated heterocycles. The van der Waals surface area contributed by atoms with Crippen LogP contribution in [-0.4, -0.2) is 52.9 Å². The summed E-state index contributed by atoms with van der Waals surface area (Å²) in [5, 5.41) is 6.29. The van der Waals surface area contributed by atoms with Crippen molar-refractivity contribution in [3.8, 4) is 27.9 Å². The van der Waals surface area contributed by atoms with Gasteiger partial charge < -0.3 is 14.4 Å². The average Bonchev–Trinajstić information content (AvgIpc) is 3.49. The van der Waals surface area contributed by atoms with Crippen molar-refractivity contribution in [3.05, 3.63) is 77.7 Å². The average molecular weight is 453 g/mol. The lowest BCUT2D eigenvalue weighted by atomic mass is 10.3. The maximum atomic E-state index is 13.8. The Kier molecular flexibility index (Phi) is 6.46. The number of carbonyl (C=O) groups excluding carboxylic acids is 1. The number of likely N-dealkylation sites (N-methyl/N-ethyl adjacent to an activating group) is 1. The van der Waals surface area contributed by atoms with Crippen LogP contribution in [0.5, 0.6) is 11.5 Å². The third-order valence-electron chi connectivity index (χ3n) is 4.69. The number of hydrogen-bond acceptors (Lipinski definition) is 6. The lowest BCUT2D eigenvalue weighted by molar-refractivity contribution is 0.0762. The Morgan fingerprint density at radius 2 is 1.91 bits per heavy atom. The second kappa shape index (κ2) is 9.61. The molecule has 2 aromatic carbocycles. The molecule has 7 nitrogen and oxygen atoms in total. The summed E-state index contributed by atoms with van der Waals surface area (Å²) in [4.78, 5) is 19.7. The Morgan fingerprint density at radius 3 is 2.59 bits per heavy atom. The predicted molar refractivity (Wildman–Crippen MR) is 120 cm³/mol. The zero-order chi connectivity index (χ0) is 22.5. The van der Waals surface area contributed by atoms with Gasteiger partial charge in [0.25, 0.3) is 5.91 Å². The lowest BCUT2D eigenvalue weighted by Crippen LogP contribution is -2.31. The van der Waals surface area contributed by atoms with E-state index < -0.39 is 5.82 Å². The number of carbonyl (C=O) groups is 1. The number of rotatable bonds is 8. The second-order valence-electron chi connectivity index (χ2n) is 6.88. The van der Waals surface area contributed by atoms with Crippen molar-refractivity contribution in [1.29, 1.82) is 0 Å². The largest absolute Gasteiger partial charge is 0.497 e. The van der Waals surface area contributed by atoms with Gasteiger partial charge >= 0.3 is 0 Å². The van der Waals surface area contributed by atoms with E-state index in [4.69, 9.17) is 9.47 Å². The number of ether oxygens (including phenoxy) is 2. The van der Waals surface area contributed by atoms with Crippen LogP contribution >= 0.6 is 11.3 Å². The van der Waals surface area contributed by atoms with Gasteiger partial charge in [-0.2, -0.15) is 0 Å². The first kappa shape index (κ1) is 21.5. The molecule has 0 unspecified atom stereocenters. The number of hydrogen-bond donors (Lipinski definition) is 0. The SMILES string of the molecule is COc1ccc(OCCN(C)C(=O)c2nc(-c3cccs3)n(-c3cccc(F)c3)n2)cc1. The number of thiophene rings is 1. The molecule has 9 heteroatoms. The van der Waals surface area contributed by atoms with Gasteiger partial charge in [-0.15, -0.1) is 16.4 Å². The van der Waals surface area contributed by atoms with E-state index in [9.17, 15) is 9.18 Å². The van der Waals surface area contributed by atoms with Gasteiger partial charge in [0.2, 0.25) is 5.82 Å². The van der Waals surface area contributed by atoms with E-state index in [1.165, 1.54) is 33.1 Å². The van der Waals surface area contributed by atoms with Crippen LogP contribution < -0.4 is 9.47 Å². The molecule has 2 heterocycles. The number of nitrogens with zero attached hydrogens (tertiary/aromatic N) is 4. The fraction of sp³-hybridized carbons (Fsp3) is 0.174. The lowest BCUT2D eigenvalue weighted by Gasteiger charge is -2.15. The highest BCUT2D eigenvalue weighted by Crippen LogP contribution is 2.26. The number of benzene rings is 2. The van der Waals surface area contributed by atoms with E-state index in [1.807, 2.05) is 17.5 Å². The standard InChI is InChI=1S/C23H21FN4O3S/c1-27(12-13-31-19-10-8-18(30-2)9-11-19)23(29)21-25-22(20-7-4-14-32-20)28(26-21)17-6-3-5-16(24)15-17/h3-11,14-15H,12-13H2,1-2H3. The third-order valence-corrected chi connectivity index (χ3v) is 5.56. The predicted octanol–water partition coefficient (Wildman–Crippen LogP) is 4.29. The number of amides is 1. The summed E-state index contributed by atoms with van der Waals surface area (Å²) < 4.78 is 26.1. The summed E-state index contributed by atoms with van der Waals surface area (Å²) >= 11 is 1.47. The van der Waals surface area contributed by atoms with E-state index in [2.05, 4.69) is 10.1 Å². The molecule has 32 heavy (non-hydrogen) atoms. The molecule has 0 fully saturated rings. The van der Waals surface area contributed by atoms with Crippen LogP contribution in [0.2, 0.25) is 0 Å². The Morgan fingerprint density at radius 1 is 1.12 bits per heavy atom. The molecule has 0 aliphatic carbocycles. The van der Waals surface area contributed by atoms with Crippen LogP contribution in [0.25, 0.3) is 16.4 Å². The normalized spacial score (nSPS) is 10.7. The zero-order valence-electron chi connectivity index (χ0n) is 17.6. The van der Waals surface area contributed by atoms with Crippen molar-refractivity contribution >= 4 is 17.2 Å². The highest BCUT2D eigenvalue weighted by molar-refractivity contribution is 7.13. The van der Waals surface area contributed by atoms with Gasteiger partial charge in [0.15, 0.2) is 5.82 Å². The van der Waals surface area contributed by atoms with Crippen molar-refractivity contribution in [2.75, 3.05) is 27.3 Å². The maximum absolute atomic E-state index is 13.8. The Hall–Kier alpha value is -3.72. The first-order valence-corrected chi connectivity index (χ1v) is 10.7. The van der Waals surface area contributed by atoms with Gasteiger partial charge in [-0.25, -0.2) is 14.1 Å². The molecule has 4 aromatic rings. The first-order chi connectivity index (χ1) is 15.5. The van der Waals surface area contributed by atoms with Crippen molar-refractivity contribution < 1.29 is 18.7 Å². The van der Waals surface area contributed by atoms with E-state index in [0.717, 1.165) is 10.6 Å². The fourth-order valence-corrected chi connectivity index (χ4v) is 3.70. The minimum Gasteiger partial charge on any atom is -0.497 e. The monoisotopic (exact) mass is 452 g/mol. The molecule has 2 aromatic heterocycles. The van der Waals surface area contributed by atoms with E-state index >= 15 is 0 Å². The van der Waals surface area contributed by atoms with E-state index in [1.54, 1.807) is 50.6 Å². The highest BCUT2D eigenvalue weighted by atomic mass is 32.1. The van der Waals surface area contributed by atoms with Crippen LogP contribution in [0, 0.1) is 5.82 Å². The van der Waals surface area contributed by atoms with Gasteiger partial charge in [0, 0.05) is 7.05 Å². The molecule has 164 valence electrons. The molecule has 0 bridgehead atoms. The summed E-state index contributed by atoms with van der Waals surface area (Å²) in [5.41, 5.74) is 0.491. The van der Waals surface area contributed by atoms with Crippen LogP contribution in [0.15, 0.2) is 66.0 Å². The van der Waals surface area contributed by atoms with Gasteiger partial charge in [0.05, 0.1) is 24.2 Å². The molecule has 4 rings (SSSR count). The molecule has 0 radical (unpaired) electrons. The van der Waals surface area contributed by atoms with Crippen molar-refractivity contribution in [1.82, 2.24) is 19.7 Å². The molecular formula is C23H21FN4O3S. The number of aromatic nitrogens is 3. The summed E-state index contributed by atoms with van der Waals surface area (Å²) in [6.45, 7) is 0.644. The van der Waals surface area contributed by atoms with Crippen molar-refractivity contribution in [2.45, 2.75) is 0 Å². The van der Waals surface area contributed by atoms with Crippen molar-refractivity contribution in [3.63, 3.8) is 0 Å². The number of methoxy groups -OCH3 is 1. The van der Waals surface area contributed by atoms with Gasteiger partial charge in [-0.1, -0.05) is 12.1 Å². The Balaban J connectivity index is 1.49. The zero-order valence-corrected chi connectivity index (χ0v) is 18.4. The summed E-state index contributed by atoms with van der Waals surface area (Å²) in [5.74, 6) is 1.19. The first-order valence-electron chi connectivity index (χ1n) is 9.84. The second-order valence-corrected chi connectivity index (χ2v) is 7.83. The van der Waals surface area contributed by atoms with Gasteiger partial charge in [-0.05, 0) is 53.9 Å². The Bertz CT molecular complexity index is 1190. The summed E-state index contributed by atoms with van der Waals surface area (Å²) in [6.07, 6.45) is 0.